The van der Waals surface area contributed by atoms with Gasteiger partial charge in [-0.05, 0) is 41.8 Å². The van der Waals surface area contributed by atoms with Crippen LogP contribution >= 0.6 is 11.3 Å². The minimum Gasteiger partial charge on any atom is -0.326 e. The van der Waals surface area contributed by atoms with Gasteiger partial charge in [-0.25, -0.2) is 0 Å². The third-order valence-electron chi connectivity index (χ3n) is 2.94. The number of likely N-dealkylation sites (tertiary alicyclic amines) is 1. The summed E-state index contributed by atoms with van der Waals surface area (Å²) in [5.74, 6) is 0. The molecule has 1 saturated heterocycles. The van der Waals surface area contributed by atoms with E-state index in [0.717, 1.165) is 13.0 Å². The lowest BCUT2D eigenvalue weighted by atomic mass is 10.0. The zero-order chi connectivity index (χ0) is 9.97. The molecule has 0 aliphatic carbocycles. The lowest BCUT2D eigenvalue weighted by molar-refractivity contribution is 0.249. The highest BCUT2D eigenvalue weighted by Crippen LogP contribution is 2.32. The highest BCUT2D eigenvalue weighted by molar-refractivity contribution is 7.07. The van der Waals surface area contributed by atoms with Crippen LogP contribution in [0.15, 0.2) is 16.8 Å². The summed E-state index contributed by atoms with van der Waals surface area (Å²) >= 11 is 1.77. The van der Waals surface area contributed by atoms with Gasteiger partial charge in [-0.3, -0.25) is 4.90 Å². The summed E-state index contributed by atoms with van der Waals surface area (Å²) in [6.45, 7) is 4.57. The van der Waals surface area contributed by atoms with Crippen LogP contribution in [-0.4, -0.2) is 24.0 Å². The monoisotopic (exact) mass is 210 g/mol. The number of hydrogen-bond donors (Lipinski definition) is 1. The van der Waals surface area contributed by atoms with Crippen LogP contribution in [0.25, 0.3) is 0 Å². The summed E-state index contributed by atoms with van der Waals surface area (Å²) in [4.78, 5) is 2.52. The first-order valence-electron chi connectivity index (χ1n) is 5.34. The normalized spacial score (nSPS) is 28.4. The molecule has 2 N–H and O–H groups in total. The molecule has 2 unspecified atom stereocenters. The maximum Gasteiger partial charge on any atom is 0.0507 e. The molecular weight excluding hydrogens is 192 g/mol. The smallest absolute Gasteiger partial charge is 0.0507 e. The Morgan fingerprint density at radius 2 is 2.50 bits per heavy atom. The van der Waals surface area contributed by atoms with E-state index in [-0.39, 0.29) is 0 Å². The maximum absolute atomic E-state index is 6.15. The van der Waals surface area contributed by atoms with Crippen molar-refractivity contribution in [2.24, 2.45) is 5.73 Å². The van der Waals surface area contributed by atoms with Crippen LogP contribution in [-0.2, 0) is 0 Å². The molecule has 0 saturated carbocycles. The highest BCUT2D eigenvalue weighted by Gasteiger charge is 2.32. The number of nitrogens with zero attached hydrogens (tertiary/aromatic N) is 1. The van der Waals surface area contributed by atoms with E-state index in [4.69, 9.17) is 5.73 Å². The molecule has 0 radical (unpaired) electrons. The Kier molecular flexibility index (Phi) is 3.21. The van der Waals surface area contributed by atoms with E-state index in [0.29, 0.717) is 12.1 Å². The van der Waals surface area contributed by atoms with E-state index in [1.165, 1.54) is 18.5 Å². The van der Waals surface area contributed by atoms with E-state index in [2.05, 4.69) is 28.7 Å². The molecule has 2 nitrogen and oxygen atoms in total. The van der Waals surface area contributed by atoms with Crippen LogP contribution in [0.5, 0.6) is 0 Å². The zero-order valence-corrected chi connectivity index (χ0v) is 9.46. The molecule has 0 spiro atoms. The maximum atomic E-state index is 6.15. The van der Waals surface area contributed by atoms with Crippen molar-refractivity contribution < 1.29 is 0 Å². The minimum absolute atomic E-state index is 0.330. The van der Waals surface area contributed by atoms with Gasteiger partial charge in [0.1, 0.15) is 0 Å². The molecule has 2 atom stereocenters. The van der Waals surface area contributed by atoms with Gasteiger partial charge >= 0.3 is 0 Å². The van der Waals surface area contributed by atoms with E-state index < -0.39 is 0 Å². The first-order chi connectivity index (χ1) is 6.83. The van der Waals surface area contributed by atoms with E-state index in [9.17, 15) is 0 Å². The lowest BCUT2D eigenvalue weighted by Gasteiger charge is -2.25. The molecule has 1 fully saturated rings. The SMILES string of the molecule is CCCN1CCC(N)C1c1ccsc1. The van der Waals surface area contributed by atoms with Crippen LogP contribution in [0.4, 0.5) is 0 Å². The quantitative estimate of drug-likeness (QED) is 0.829. The molecule has 0 bridgehead atoms. The summed E-state index contributed by atoms with van der Waals surface area (Å²) in [7, 11) is 0. The van der Waals surface area contributed by atoms with Gasteiger partial charge in [-0.15, -0.1) is 0 Å². The standard InChI is InChI=1S/C11H18N2S/c1-2-5-13-6-3-10(12)11(13)9-4-7-14-8-9/h4,7-8,10-11H,2-3,5-6,12H2,1H3. The van der Waals surface area contributed by atoms with E-state index in [1.807, 2.05) is 0 Å². The van der Waals surface area contributed by atoms with Gasteiger partial charge in [0.05, 0.1) is 6.04 Å². The van der Waals surface area contributed by atoms with Crippen molar-refractivity contribution in [2.45, 2.75) is 31.8 Å². The van der Waals surface area contributed by atoms with Crippen molar-refractivity contribution in [3.63, 3.8) is 0 Å². The summed E-state index contributed by atoms with van der Waals surface area (Å²) in [5.41, 5.74) is 7.56. The number of rotatable bonds is 3. The molecule has 0 amide bonds. The second kappa shape index (κ2) is 4.43. The summed E-state index contributed by atoms with van der Waals surface area (Å²) in [5, 5.41) is 4.38. The molecule has 1 aromatic rings. The zero-order valence-electron chi connectivity index (χ0n) is 8.65. The average Bonchev–Trinajstić information content (AvgIpc) is 2.76. The van der Waals surface area contributed by atoms with E-state index in [1.54, 1.807) is 11.3 Å². The Balaban J connectivity index is 2.13. The van der Waals surface area contributed by atoms with Crippen molar-refractivity contribution in [1.29, 1.82) is 0 Å². The van der Waals surface area contributed by atoms with Crippen LogP contribution in [0.2, 0.25) is 0 Å². The number of thiophene rings is 1. The predicted molar refractivity (Wildman–Crippen MR) is 61.5 cm³/mol. The Bertz CT molecular complexity index is 269. The Morgan fingerprint density at radius 3 is 3.14 bits per heavy atom. The second-order valence-electron chi connectivity index (χ2n) is 3.99. The van der Waals surface area contributed by atoms with Crippen LogP contribution in [0.3, 0.4) is 0 Å². The van der Waals surface area contributed by atoms with Gasteiger partial charge < -0.3 is 5.73 Å². The molecule has 14 heavy (non-hydrogen) atoms. The largest absolute Gasteiger partial charge is 0.326 e. The molecule has 78 valence electrons. The molecule has 0 aromatic carbocycles. The molecule has 1 aromatic heterocycles. The van der Waals surface area contributed by atoms with Crippen LogP contribution in [0.1, 0.15) is 31.4 Å². The summed E-state index contributed by atoms with van der Waals surface area (Å²) in [6, 6.07) is 3.01. The fourth-order valence-corrected chi connectivity index (χ4v) is 3.01. The first-order valence-corrected chi connectivity index (χ1v) is 6.29. The van der Waals surface area contributed by atoms with Crippen molar-refractivity contribution in [1.82, 2.24) is 4.90 Å². The second-order valence-corrected chi connectivity index (χ2v) is 4.77. The number of hydrogen-bond acceptors (Lipinski definition) is 3. The van der Waals surface area contributed by atoms with Crippen molar-refractivity contribution in [2.75, 3.05) is 13.1 Å². The number of nitrogens with two attached hydrogens (primary N) is 1. The van der Waals surface area contributed by atoms with Gasteiger partial charge in [0, 0.05) is 12.6 Å². The summed E-state index contributed by atoms with van der Waals surface area (Å²) in [6.07, 6.45) is 2.36. The van der Waals surface area contributed by atoms with Gasteiger partial charge in [0.25, 0.3) is 0 Å². The molecule has 1 aliphatic rings. The first kappa shape index (κ1) is 10.1. The molecule has 2 rings (SSSR count). The minimum atomic E-state index is 0.330. The average molecular weight is 210 g/mol. The van der Waals surface area contributed by atoms with E-state index >= 15 is 0 Å². The van der Waals surface area contributed by atoms with Crippen LogP contribution < -0.4 is 5.73 Å². The Labute approximate surface area is 89.7 Å². The summed E-state index contributed by atoms with van der Waals surface area (Å²) < 4.78 is 0. The highest BCUT2D eigenvalue weighted by atomic mass is 32.1. The van der Waals surface area contributed by atoms with Crippen LogP contribution in [0, 0.1) is 0 Å². The molecule has 3 heteroatoms. The van der Waals surface area contributed by atoms with Gasteiger partial charge in [-0.2, -0.15) is 11.3 Å². The fraction of sp³-hybridized carbons (Fsp3) is 0.636. The fourth-order valence-electron chi connectivity index (χ4n) is 2.32. The topological polar surface area (TPSA) is 29.3 Å². The molecule has 2 heterocycles. The van der Waals surface area contributed by atoms with Crippen molar-refractivity contribution >= 4 is 11.3 Å². The predicted octanol–water partition coefficient (Wildman–Crippen LogP) is 2.23. The van der Waals surface area contributed by atoms with Crippen molar-refractivity contribution in [3.8, 4) is 0 Å². The van der Waals surface area contributed by atoms with Gasteiger partial charge in [-0.1, -0.05) is 6.92 Å². The molecular formula is C11H18N2S. The Hall–Kier alpha value is -0.380. The molecule has 1 aliphatic heterocycles. The van der Waals surface area contributed by atoms with Gasteiger partial charge in [0.2, 0.25) is 0 Å². The van der Waals surface area contributed by atoms with Crippen molar-refractivity contribution in [3.05, 3.63) is 22.4 Å². The third-order valence-corrected chi connectivity index (χ3v) is 3.65. The Morgan fingerprint density at radius 1 is 1.64 bits per heavy atom. The third kappa shape index (κ3) is 1.85. The van der Waals surface area contributed by atoms with Gasteiger partial charge in [0.15, 0.2) is 0 Å². The lowest BCUT2D eigenvalue weighted by Crippen LogP contribution is -2.31.